The molecular formula is C10H16BrI. The molecule has 0 aliphatic heterocycles. The molecule has 2 heteroatoms. The van der Waals surface area contributed by atoms with Gasteiger partial charge < -0.3 is 0 Å². The van der Waals surface area contributed by atoms with Gasteiger partial charge in [0.25, 0.3) is 0 Å². The molecule has 0 aliphatic rings. The third-order valence-corrected chi connectivity index (χ3v) is 2.39. The fourth-order valence-electron chi connectivity index (χ4n) is 0.886. The van der Waals surface area contributed by atoms with E-state index in [-0.39, 0.29) is 0 Å². The number of allylic oxidation sites excluding steroid dienone is 4. The molecule has 12 heavy (non-hydrogen) atoms. The van der Waals surface area contributed by atoms with Crippen LogP contribution in [-0.4, -0.2) is 9.76 Å². The van der Waals surface area contributed by atoms with Gasteiger partial charge in [0.1, 0.15) is 0 Å². The number of unbranched alkanes of at least 4 members (excludes halogenated alkanes) is 3. The summed E-state index contributed by atoms with van der Waals surface area (Å²) in [5.74, 6) is 0. The van der Waals surface area contributed by atoms with Crippen molar-refractivity contribution in [3.8, 4) is 0 Å². The lowest BCUT2D eigenvalue weighted by molar-refractivity contribution is 0.761. The Hall–Kier alpha value is 0.690. The molecule has 0 aromatic heterocycles. The van der Waals surface area contributed by atoms with Crippen molar-refractivity contribution in [1.82, 2.24) is 0 Å². The zero-order valence-corrected chi connectivity index (χ0v) is 11.1. The quantitative estimate of drug-likeness (QED) is 0.277. The first-order valence-corrected chi connectivity index (χ1v) is 6.98. The van der Waals surface area contributed by atoms with Crippen LogP contribution in [0.1, 0.15) is 25.7 Å². The predicted octanol–water partition coefficient (Wildman–Crippen LogP) is 4.49. The predicted molar refractivity (Wildman–Crippen MR) is 69.4 cm³/mol. The molecule has 0 saturated carbocycles. The van der Waals surface area contributed by atoms with E-state index in [1.165, 1.54) is 25.7 Å². The van der Waals surface area contributed by atoms with E-state index in [0.717, 1.165) is 9.76 Å². The van der Waals surface area contributed by atoms with E-state index < -0.39 is 0 Å². The number of rotatable bonds is 7. The molecule has 0 fully saturated rings. The highest BCUT2D eigenvalue weighted by atomic mass is 127. The molecule has 0 N–H and O–H groups in total. The van der Waals surface area contributed by atoms with Gasteiger partial charge in [-0.3, -0.25) is 0 Å². The molecule has 0 spiro atoms. The summed E-state index contributed by atoms with van der Waals surface area (Å²) in [5.41, 5.74) is 0. The maximum atomic E-state index is 3.35. The minimum absolute atomic E-state index is 0.988. The van der Waals surface area contributed by atoms with Crippen molar-refractivity contribution >= 4 is 38.5 Å². The lowest BCUT2D eigenvalue weighted by Gasteiger charge is -1.91. The van der Waals surface area contributed by atoms with Crippen LogP contribution in [-0.2, 0) is 0 Å². The number of alkyl halides is 2. The van der Waals surface area contributed by atoms with Crippen LogP contribution in [0, 0.1) is 0 Å². The Bertz CT molecular complexity index is 114. The summed E-state index contributed by atoms with van der Waals surface area (Å²) in [6, 6.07) is 0. The van der Waals surface area contributed by atoms with E-state index >= 15 is 0 Å². The normalized spacial score (nSPS) is 11.8. The van der Waals surface area contributed by atoms with E-state index in [1.54, 1.807) is 0 Å². The van der Waals surface area contributed by atoms with Gasteiger partial charge in [-0.1, -0.05) is 62.8 Å². The van der Waals surface area contributed by atoms with Gasteiger partial charge in [-0.2, -0.15) is 0 Å². The number of hydrogen-bond acceptors (Lipinski definition) is 0. The average molecular weight is 343 g/mol. The van der Waals surface area contributed by atoms with Crippen molar-refractivity contribution in [3.05, 3.63) is 24.3 Å². The van der Waals surface area contributed by atoms with Crippen LogP contribution in [0.4, 0.5) is 0 Å². The van der Waals surface area contributed by atoms with Crippen LogP contribution in [0.15, 0.2) is 24.3 Å². The van der Waals surface area contributed by atoms with Gasteiger partial charge in [0.2, 0.25) is 0 Å². The van der Waals surface area contributed by atoms with Gasteiger partial charge in [-0.15, -0.1) is 0 Å². The Balaban J connectivity index is 3.00. The Labute approximate surface area is 97.8 Å². The van der Waals surface area contributed by atoms with Crippen molar-refractivity contribution in [3.63, 3.8) is 0 Å². The lowest BCUT2D eigenvalue weighted by Crippen LogP contribution is -1.73. The number of hydrogen-bond donors (Lipinski definition) is 0. The first kappa shape index (κ1) is 12.7. The standard InChI is InChI=1S/C10H16BrI/c11-9-7-5-3-1-2-4-6-8-10-12/h5-8H,1-4,9-10H2. The Kier molecular flexibility index (Phi) is 12.4. The van der Waals surface area contributed by atoms with Crippen molar-refractivity contribution in [2.75, 3.05) is 9.76 Å². The van der Waals surface area contributed by atoms with E-state index in [0.29, 0.717) is 0 Å². The molecule has 0 nitrogen and oxygen atoms in total. The molecule has 0 rings (SSSR count). The van der Waals surface area contributed by atoms with Crippen LogP contribution >= 0.6 is 38.5 Å². The van der Waals surface area contributed by atoms with E-state index in [1.807, 2.05) is 0 Å². The Morgan fingerprint density at radius 3 is 2.00 bits per heavy atom. The maximum absolute atomic E-state index is 3.35. The highest BCUT2D eigenvalue weighted by molar-refractivity contribution is 14.1. The summed E-state index contributed by atoms with van der Waals surface area (Å²) in [7, 11) is 0. The van der Waals surface area contributed by atoms with Gasteiger partial charge in [-0.05, 0) is 25.7 Å². The summed E-state index contributed by atoms with van der Waals surface area (Å²) in [6.45, 7) is 0. The Morgan fingerprint density at radius 2 is 1.50 bits per heavy atom. The summed E-state index contributed by atoms with van der Waals surface area (Å²) in [6.07, 6.45) is 14.0. The van der Waals surface area contributed by atoms with Crippen molar-refractivity contribution in [2.24, 2.45) is 0 Å². The summed E-state index contributed by atoms with van der Waals surface area (Å²) in [4.78, 5) is 0. The summed E-state index contributed by atoms with van der Waals surface area (Å²) >= 11 is 5.72. The monoisotopic (exact) mass is 342 g/mol. The van der Waals surface area contributed by atoms with Gasteiger partial charge >= 0.3 is 0 Å². The van der Waals surface area contributed by atoms with Gasteiger partial charge in [-0.25, -0.2) is 0 Å². The second-order valence-electron chi connectivity index (χ2n) is 2.54. The molecule has 0 unspecified atom stereocenters. The minimum Gasteiger partial charge on any atom is -0.0883 e. The second-order valence-corrected chi connectivity index (χ2v) is 4.06. The molecule has 0 heterocycles. The van der Waals surface area contributed by atoms with Gasteiger partial charge in [0.05, 0.1) is 0 Å². The third kappa shape index (κ3) is 10.7. The molecule has 0 saturated heterocycles. The molecule has 70 valence electrons. The molecule has 0 amide bonds. The first-order chi connectivity index (χ1) is 5.91. The SMILES string of the molecule is BrCC=CCCCCC=CCI. The van der Waals surface area contributed by atoms with Crippen LogP contribution in [0.25, 0.3) is 0 Å². The van der Waals surface area contributed by atoms with Crippen molar-refractivity contribution < 1.29 is 0 Å². The molecular weight excluding hydrogens is 327 g/mol. The summed E-state index contributed by atoms with van der Waals surface area (Å²) < 4.78 is 1.14. The van der Waals surface area contributed by atoms with E-state index in [2.05, 4.69) is 62.8 Å². The average Bonchev–Trinajstić information content (AvgIpc) is 2.10. The highest BCUT2D eigenvalue weighted by Crippen LogP contribution is 2.02. The molecule has 0 aromatic carbocycles. The fraction of sp³-hybridized carbons (Fsp3) is 0.600. The Morgan fingerprint density at radius 1 is 0.917 bits per heavy atom. The lowest BCUT2D eigenvalue weighted by atomic mass is 10.2. The van der Waals surface area contributed by atoms with Crippen LogP contribution in [0.5, 0.6) is 0 Å². The van der Waals surface area contributed by atoms with Crippen LogP contribution in [0.2, 0.25) is 0 Å². The molecule has 0 aliphatic carbocycles. The first-order valence-electron chi connectivity index (χ1n) is 4.33. The summed E-state index contributed by atoms with van der Waals surface area (Å²) in [5, 5.41) is 0.988. The second kappa shape index (κ2) is 11.7. The van der Waals surface area contributed by atoms with Gasteiger partial charge in [0, 0.05) is 9.76 Å². The van der Waals surface area contributed by atoms with Crippen LogP contribution < -0.4 is 0 Å². The number of halogens is 2. The molecule has 0 atom stereocenters. The van der Waals surface area contributed by atoms with Crippen LogP contribution in [0.3, 0.4) is 0 Å². The largest absolute Gasteiger partial charge is 0.0883 e. The maximum Gasteiger partial charge on any atom is 0.0212 e. The fourth-order valence-corrected chi connectivity index (χ4v) is 1.51. The van der Waals surface area contributed by atoms with Crippen molar-refractivity contribution in [2.45, 2.75) is 25.7 Å². The van der Waals surface area contributed by atoms with E-state index in [4.69, 9.17) is 0 Å². The molecule has 0 radical (unpaired) electrons. The van der Waals surface area contributed by atoms with E-state index in [9.17, 15) is 0 Å². The van der Waals surface area contributed by atoms with Crippen molar-refractivity contribution in [1.29, 1.82) is 0 Å². The zero-order chi connectivity index (χ0) is 9.07. The van der Waals surface area contributed by atoms with Gasteiger partial charge in [0.15, 0.2) is 0 Å². The smallest absolute Gasteiger partial charge is 0.0212 e. The molecule has 0 bridgehead atoms. The molecule has 0 aromatic rings. The third-order valence-electron chi connectivity index (χ3n) is 1.50. The minimum atomic E-state index is 0.988. The topological polar surface area (TPSA) is 0 Å². The zero-order valence-electron chi connectivity index (χ0n) is 7.31. The highest BCUT2D eigenvalue weighted by Gasteiger charge is 1.82.